The second-order valence-electron chi connectivity index (χ2n) is 5.61. The minimum atomic E-state index is 0.164. The predicted molar refractivity (Wildman–Crippen MR) is 83.4 cm³/mol. The SMILES string of the molecule is CCOCCC1CCN(C(=O)c2ccncc2CC)CC1. The van der Waals surface area contributed by atoms with Crippen molar-refractivity contribution < 1.29 is 9.53 Å². The van der Waals surface area contributed by atoms with Crippen LogP contribution in [0.2, 0.25) is 0 Å². The highest BCUT2D eigenvalue weighted by Gasteiger charge is 2.24. The van der Waals surface area contributed by atoms with Crippen molar-refractivity contribution in [3.05, 3.63) is 29.6 Å². The van der Waals surface area contributed by atoms with Crippen LogP contribution in [0, 0.1) is 5.92 Å². The van der Waals surface area contributed by atoms with Crippen molar-refractivity contribution in [1.29, 1.82) is 0 Å². The van der Waals surface area contributed by atoms with E-state index in [0.29, 0.717) is 5.92 Å². The van der Waals surface area contributed by atoms with Crippen LogP contribution < -0.4 is 0 Å². The van der Waals surface area contributed by atoms with Gasteiger partial charge in [0.25, 0.3) is 5.91 Å². The second kappa shape index (κ2) is 8.13. The Morgan fingerprint density at radius 1 is 1.38 bits per heavy atom. The van der Waals surface area contributed by atoms with Gasteiger partial charge < -0.3 is 9.64 Å². The molecule has 0 aromatic carbocycles. The molecular formula is C17H26N2O2. The summed E-state index contributed by atoms with van der Waals surface area (Å²) in [7, 11) is 0. The zero-order valence-corrected chi connectivity index (χ0v) is 13.2. The molecule has 0 saturated carbocycles. The fourth-order valence-corrected chi connectivity index (χ4v) is 2.91. The molecule has 4 heteroatoms. The number of carbonyl (C=O) groups is 1. The molecule has 0 N–H and O–H groups in total. The van der Waals surface area contributed by atoms with Crippen molar-refractivity contribution in [1.82, 2.24) is 9.88 Å². The lowest BCUT2D eigenvalue weighted by Crippen LogP contribution is -2.39. The fraction of sp³-hybridized carbons (Fsp3) is 0.647. The number of ether oxygens (including phenoxy) is 1. The third kappa shape index (κ3) is 4.27. The van der Waals surface area contributed by atoms with E-state index in [1.54, 1.807) is 6.20 Å². The number of hydrogen-bond donors (Lipinski definition) is 0. The molecule has 1 aliphatic heterocycles. The van der Waals surface area contributed by atoms with Crippen LogP contribution >= 0.6 is 0 Å². The van der Waals surface area contributed by atoms with Crippen molar-refractivity contribution >= 4 is 5.91 Å². The monoisotopic (exact) mass is 290 g/mol. The summed E-state index contributed by atoms with van der Waals surface area (Å²) in [5.74, 6) is 0.862. The fourth-order valence-electron chi connectivity index (χ4n) is 2.91. The van der Waals surface area contributed by atoms with Crippen LogP contribution in [0.4, 0.5) is 0 Å². The molecule has 1 aliphatic rings. The van der Waals surface area contributed by atoms with Crippen LogP contribution in [-0.4, -0.2) is 42.1 Å². The summed E-state index contributed by atoms with van der Waals surface area (Å²) >= 11 is 0. The van der Waals surface area contributed by atoms with Gasteiger partial charge in [-0.3, -0.25) is 9.78 Å². The van der Waals surface area contributed by atoms with Gasteiger partial charge in [0.05, 0.1) is 0 Å². The quantitative estimate of drug-likeness (QED) is 0.757. The van der Waals surface area contributed by atoms with Gasteiger partial charge in [0.1, 0.15) is 0 Å². The number of carbonyl (C=O) groups excluding carboxylic acids is 1. The molecule has 0 radical (unpaired) electrons. The highest BCUT2D eigenvalue weighted by atomic mass is 16.5. The molecule has 0 aliphatic carbocycles. The van der Waals surface area contributed by atoms with E-state index >= 15 is 0 Å². The number of hydrogen-bond acceptors (Lipinski definition) is 3. The number of pyridine rings is 1. The van der Waals surface area contributed by atoms with Gasteiger partial charge in [-0.25, -0.2) is 0 Å². The van der Waals surface area contributed by atoms with Crippen LogP contribution in [0.5, 0.6) is 0 Å². The molecule has 0 bridgehead atoms. The molecule has 1 fully saturated rings. The Morgan fingerprint density at radius 3 is 2.81 bits per heavy atom. The van der Waals surface area contributed by atoms with Crippen molar-refractivity contribution in [2.45, 2.75) is 39.5 Å². The van der Waals surface area contributed by atoms with Crippen molar-refractivity contribution in [3.8, 4) is 0 Å². The van der Waals surface area contributed by atoms with E-state index < -0.39 is 0 Å². The predicted octanol–water partition coefficient (Wildman–Crippen LogP) is 2.92. The van der Waals surface area contributed by atoms with E-state index in [4.69, 9.17) is 4.74 Å². The molecule has 21 heavy (non-hydrogen) atoms. The first kappa shape index (κ1) is 16.0. The Kier molecular flexibility index (Phi) is 6.18. The number of amides is 1. The van der Waals surface area contributed by atoms with E-state index in [0.717, 1.165) is 63.1 Å². The molecule has 4 nitrogen and oxygen atoms in total. The average Bonchev–Trinajstić information content (AvgIpc) is 2.55. The lowest BCUT2D eigenvalue weighted by molar-refractivity contribution is 0.0656. The molecule has 0 atom stereocenters. The first-order chi connectivity index (χ1) is 10.3. The lowest BCUT2D eigenvalue weighted by Gasteiger charge is -2.32. The Bertz CT molecular complexity index is 454. The van der Waals surface area contributed by atoms with Crippen molar-refractivity contribution in [2.24, 2.45) is 5.92 Å². The van der Waals surface area contributed by atoms with E-state index in [-0.39, 0.29) is 5.91 Å². The normalized spacial score (nSPS) is 16.2. The number of rotatable bonds is 6. The summed E-state index contributed by atoms with van der Waals surface area (Å²) in [5.41, 5.74) is 1.86. The lowest BCUT2D eigenvalue weighted by atomic mass is 9.93. The molecule has 1 aromatic heterocycles. The van der Waals surface area contributed by atoms with Crippen LogP contribution in [-0.2, 0) is 11.2 Å². The maximum atomic E-state index is 12.6. The minimum Gasteiger partial charge on any atom is -0.382 e. The molecular weight excluding hydrogens is 264 g/mol. The van der Waals surface area contributed by atoms with Crippen LogP contribution in [0.1, 0.15) is 49.0 Å². The molecule has 1 saturated heterocycles. The summed E-state index contributed by atoms with van der Waals surface area (Å²) in [5, 5.41) is 0. The summed E-state index contributed by atoms with van der Waals surface area (Å²) < 4.78 is 5.42. The van der Waals surface area contributed by atoms with Gasteiger partial charge >= 0.3 is 0 Å². The number of aromatic nitrogens is 1. The minimum absolute atomic E-state index is 0.164. The summed E-state index contributed by atoms with van der Waals surface area (Å²) in [6, 6.07) is 1.85. The Morgan fingerprint density at radius 2 is 2.14 bits per heavy atom. The third-order valence-corrected chi connectivity index (χ3v) is 4.29. The number of nitrogens with zero attached hydrogens (tertiary/aromatic N) is 2. The Hall–Kier alpha value is -1.42. The smallest absolute Gasteiger partial charge is 0.254 e. The van der Waals surface area contributed by atoms with E-state index in [1.165, 1.54) is 0 Å². The Labute approximate surface area is 127 Å². The first-order valence-corrected chi connectivity index (χ1v) is 8.06. The molecule has 2 heterocycles. The molecule has 1 aromatic rings. The van der Waals surface area contributed by atoms with Gasteiger partial charge in [0.2, 0.25) is 0 Å². The van der Waals surface area contributed by atoms with Gasteiger partial charge in [-0.2, -0.15) is 0 Å². The van der Waals surface area contributed by atoms with Gasteiger partial charge in [-0.15, -0.1) is 0 Å². The first-order valence-electron chi connectivity index (χ1n) is 8.06. The van der Waals surface area contributed by atoms with Crippen LogP contribution in [0.25, 0.3) is 0 Å². The molecule has 116 valence electrons. The molecule has 0 spiro atoms. The van der Waals surface area contributed by atoms with Gasteiger partial charge in [0, 0.05) is 44.3 Å². The number of aryl methyl sites for hydroxylation is 1. The second-order valence-corrected chi connectivity index (χ2v) is 5.61. The average molecular weight is 290 g/mol. The molecule has 2 rings (SSSR count). The van der Waals surface area contributed by atoms with E-state index in [2.05, 4.69) is 11.9 Å². The third-order valence-electron chi connectivity index (χ3n) is 4.29. The number of piperidine rings is 1. The highest BCUT2D eigenvalue weighted by molar-refractivity contribution is 5.95. The highest BCUT2D eigenvalue weighted by Crippen LogP contribution is 2.22. The Balaban J connectivity index is 1.88. The van der Waals surface area contributed by atoms with Gasteiger partial charge in [-0.05, 0) is 50.2 Å². The number of likely N-dealkylation sites (tertiary alicyclic amines) is 1. The molecule has 0 unspecified atom stereocenters. The largest absolute Gasteiger partial charge is 0.382 e. The van der Waals surface area contributed by atoms with Gasteiger partial charge in [-0.1, -0.05) is 6.92 Å². The topological polar surface area (TPSA) is 42.4 Å². The van der Waals surface area contributed by atoms with Crippen molar-refractivity contribution in [3.63, 3.8) is 0 Å². The van der Waals surface area contributed by atoms with Crippen molar-refractivity contribution in [2.75, 3.05) is 26.3 Å². The zero-order valence-electron chi connectivity index (χ0n) is 13.2. The zero-order chi connectivity index (χ0) is 15.1. The standard InChI is InChI=1S/C17H26N2O2/c1-3-15-13-18-9-5-16(15)17(20)19-10-6-14(7-11-19)8-12-21-4-2/h5,9,13-14H,3-4,6-8,10-12H2,1-2H3. The maximum absolute atomic E-state index is 12.6. The maximum Gasteiger partial charge on any atom is 0.254 e. The van der Waals surface area contributed by atoms with Gasteiger partial charge in [0.15, 0.2) is 0 Å². The van der Waals surface area contributed by atoms with E-state index in [1.807, 2.05) is 24.1 Å². The summed E-state index contributed by atoms with van der Waals surface area (Å²) in [6.07, 6.45) is 7.66. The summed E-state index contributed by atoms with van der Waals surface area (Å²) in [6.45, 7) is 7.45. The van der Waals surface area contributed by atoms with Crippen LogP contribution in [0.15, 0.2) is 18.5 Å². The summed E-state index contributed by atoms with van der Waals surface area (Å²) in [4.78, 5) is 18.7. The molecule has 1 amide bonds. The van der Waals surface area contributed by atoms with Crippen LogP contribution in [0.3, 0.4) is 0 Å². The van der Waals surface area contributed by atoms with E-state index in [9.17, 15) is 4.79 Å².